The Labute approximate surface area is 146 Å². The highest BCUT2D eigenvalue weighted by Gasteiger charge is 2.15. The van der Waals surface area contributed by atoms with Gasteiger partial charge in [-0.15, -0.1) is 0 Å². The Balaban J connectivity index is 0.00000118. The van der Waals surface area contributed by atoms with Gasteiger partial charge in [0.15, 0.2) is 0 Å². The van der Waals surface area contributed by atoms with Crippen molar-refractivity contribution in [1.82, 2.24) is 9.91 Å². The van der Waals surface area contributed by atoms with Crippen molar-refractivity contribution in [1.29, 1.82) is 0 Å². The van der Waals surface area contributed by atoms with E-state index in [1.165, 1.54) is 11.9 Å². The lowest BCUT2D eigenvalue weighted by molar-refractivity contribution is -0.132. The number of aliphatic hydroxyl groups is 1. The molecule has 0 aromatic heterocycles. The maximum absolute atomic E-state index is 12.1. The number of ketones is 1. The third-order valence-electron chi connectivity index (χ3n) is 3.04. The molecule has 1 amide bonds. The highest BCUT2D eigenvalue weighted by molar-refractivity contribution is 5.78. The average molecular weight is 339 g/mol. The summed E-state index contributed by atoms with van der Waals surface area (Å²) < 4.78 is 0. The second kappa shape index (κ2) is 12.7. The van der Waals surface area contributed by atoms with Crippen molar-refractivity contribution >= 4 is 11.7 Å². The zero-order valence-corrected chi connectivity index (χ0v) is 15.5. The van der Waals surface area contributed by atoms with E-state index in [1.54, 1.807) is 23.1 Å². The van der Waals surface area contributed by atoms with E-state index in [0.717, 1.165) is 18.8 Å². The fourth-order valence-corrected chi connectivity index (χ4v) is 1.87. The van der Waals surface area contributed by atoms with E-state index >= 15 is 0 Å². The molecule has 138 valence electrons. The van der Waals surface area contributed by atoms with E-state index < -0.39 is 0 Å². The first-order chi connectivity index (χ1) is 11.2. The van der Waals surface area contributed by atoms with Crippen molar-refractivity contribution in [2.24, 2.45) is 11.8 Å². The molecule has 6 heteroatoms. The third kappa shape index (κ3) is 12.8. The number of hydrazine groups is 1. The highest BCUT2D eigenvalue weighted by atomic mass is 16.3. The lowest BCUT2D eigenvalue weighted by Gasteiger charge is -2.23. The molecule has 0 aliphatic carbocycles. The van der Waals surface area contributed by atoms with E-state index in [2.05, 4.69) is 20.8 Å². The smallest absolute Gasteiger partial charge is 0.238 e. The van der Waals surface area contributed by atoms with Crippen molar-refractivity contribution in [3.8, 4) is 0 Å². The van der Waals surface area contributed by atoms with Crippen LogP contribution < -0.4 is 5.84 Å². The quantitative estimate of drug-likeness (QED) is 0.593. The number of carbonyl (C=O) groups is 2. The van der Waals surface area contributed by atoms with Gasteiger partial charge in [-0.05, 0) is 37.8 Å². The van der Waals surface area contributed by atoms with Crippen LogP contribution >= 0.6 is 0 Å². The van der Waals surface area contributed by atoms with Crippen LogP contribution in [0.15, 0.2) is 24.0 Å². The number of Topliss-reactive ketones (excluding diaryl/α,β-unsaturated/α-hetero) is 1. The molecule has 24 heavy (non-hydrogen) atoms. The van der Waals surface area contributed by atoms with Crippen LogP contribution in [0.5, 0.6) is 0 Å². The van der Waals surface area contributed by atoms with Crippen LogP contribution in [0, 0.1) is 5.92 Å². The first kappa shape index (κ1) is 22.3. The molecular weight excluding hydrogens is 306 g/mol. The van der Waals surface area contributed by atoms with E-state index in [4.69, 9.17) is 5.84 Å². The maximum atomic E-state index is 12.1. The van der Waals surface area contributed by atoms with Crippen LogP contribution in [-0.2, 0) is 9.59 Å². The summed E-state index contributed by atoms with van der Waals surface area (Å²) in [4.78, 5) is 24.7. The van der Waals surface area contributed by atoms with Crippen LogP contribution in [0.4, 0.5) is 0 Å². The number of hydrogen-bond donors (Lipinski definition) is 2. The van der Waals surface area contributed by atoms with Gasteiger partial charge in [-0.3, -0.25) is 15.4 Å². The van der Waals surface area contributed by atoms with Gasteiger partial charge in [-0.25, -0.2) is 5.01 Å². The second-order valence-corrected chi connectivity index (χ2v) is 6.67. The number of nitrogens with zero attached hydrogens (tertiary/aromatic N) is 2. The molecule has 0 spiro atoms. The Bertz CT molecular complexity index is 442. The summed E-state index contributed by atoms with van der Waals surface area (Å²) in [5.74, 6) is 6.78. The number of amides is 1. The summed E-state index contributed by atoms with van der Waals surface area (Å²) in [5.41, 5.74) is 0. The van der Waals surface area contributed by atoms with Crippen molar-refractivity contribution in [2.45, 2.75) is 47.0 Å². The molecule has 1 aliphatic heterocycles. The van der Waals surface area contributed by atoms with Crippen LogP contribution in [-0.4, -0.2) is 52.9 Å². The Morgan fingerprint density at radius 3 is 2.58 bits per heavy atom. The summed E-state index contributed by atoms with van der Waals surface area (Å²) >= 11 is 0. The van der Waals surface area contributed by atoms with Gasteiger partial charge >= 0.3 is 0 Å². The van der Waals surface area contributed by atoms with Gasteiger partial charge in [-0.1, -0.05) is 26.8 Å². The number of rotatable bonds is 5. The Morgan fingerprint density at radius 1 is 1.38 bits per heavy atom. The average Bonchev–Trinajstić information content (AvgIpc) is 2.56. The molecular formula is C18H33N3O3. The molecule has 1 rings (SSSR count). The second-order valence-electron chi connectivity index (χ2n) is 6.67. The molecule has 0 aromatic carbocycles. The minimum absolute atomic E-state index is 0.0557. The predicted molar refractivity (Wildman–Crippen MR) is 97.2 cm³/mol. The fraction of sp³-hybridized carbons (Fsp3) is 0.667. The summed E-state index contributed by atoms with van der Waals surface area (Å²) in [6, 6.07) is 0. The summed E-state index contributed by atoms with van der Waals surface area (Å²) in [6.07, 6.45) is 6.98. The number of hydrogen-bond acceptors (Lipinski definition) is 5. The van der Waals surface area contributed by atoms with Gasteiger partial charge < -0.3 is 10.0 Å². The van der Waals surface area contributed by atoms with E-state index in [0.29, 0.717) is 26.1 Å². The SMILES string of the molecule is CC(=O)CCN(N)CC(=O)N1C/C=C\C(O)=C/CCC1.CC(C)C. The lowest BCUT2D eigenvalue weighted by Crippen LogP contribution is -2.44. The van der Waals surface area contributed by atoms with Gasteiger partial charge in [0, 0.05) is 26.1 Å². The monoisotopic (exact) mass is 339 g/mol. The Kier molecular flexibility index (Phi) is 11.8. The molecule has 0 fully saturated rings. The molecule has 0 unspecified atom stereocenters. The number of allylic oxidation sites excluding steroid dienone is 2. The Hall–Kier alpha value is -1.66. The highest BCUT2D eigenvalue weighted by Crippen LogP contribution is 2.05. The standard InChI is InChI=1S/C14H23N3O3.C4H10/c1-12(18)7-10-17(15)11-14(20)16-8-3-2-5-13(19)6-4-9-16;1-4(2)3/h4-6,19H,2-3,7-11,15H2,1H3;4H,1-3H3/b6-4-,13-5+;. The topological polar surface area (TPSA) is 86.9 Å². The van der Waals surface area contributed by atoms with Gasteiger partial charge in [-0.2, -0.15) is 0 Å². The maximum Gasteiger partial charge on any atom is 0.238 e. The molecule has 1 heterocycles. The molecule has 0 radical (unpaired) electrons. The lowest BCUT2D eigenvalue weighted by atomic mass is 10.2. The van der Waals surface area contributed by atoms with Crippen molar-refractivity contribution in [2.75, 3.05) is 26.2 Å². The third-order valence-corrected chi connectivity index (χ3v) is 3.04. The molecule has 1 aliphatic rings. The fourth-order valence-electron chi connectivity index (χ4n) is 1.87. The molecule has 0 atom stereocenters. The minimum Gasteiger partial charge on any atom is -0.508 e. The van der Waals surface area contributed by atoms with Crippen LogP contribution in [0.1, 0.15) is 47.0 Å². The van der Waals surface area contributed by atoms with Crippen molar-refractivity contribution in [3.63, 3.8) is 0 Å². The van der Waals surface area contributed by atoms with E-state index in [-0.39, 0.29) is 24.0 Å². The van der Waals surface area contributed by atoms with Gasteiger partial charge in [0.25, 0.3) is 0 Å². The van der Waals surface area contributed by atoms with Crippen LogP contribution in [0.25, 0.3) is 0 Å². The minimum atomic E-state index is -0.0675. The van der Waals surface area contributed by atoms with Crippen molar-refractivity contribution in [3.05, 3.63) is 24.0 Å². The molecule has 6 nitrogen and oxygen atoms in total. The largest absolute Gasteiger partial charge is 0.508 e. The number of nitrogens with two attached hydrogens (primary N) is 1. The number of aliphatic hydroxyl groups excluding tert-OH is 1. The first-order valence-corrected chi connectivity index (χ1v) is 8.54. The van der Waals surface area contributed by atoms with Gasteiger partial charge in [0.05, 0.1) is 6.54 Å². The zero-order valence-electron chi connectivity index (χ0n) is 15.5. The number of carbonyl (C=O) groups excluding carboxylic acids is 2. The Morgan fingerprint density at radius 2 is 2.00 bits per heavy atom. The summed E-state index contributed by atoms with van der Waals surface area (Å²) in [5, 5.41) is 10.8. The predicted octanol–water partition coefficient (Wildman–Crippen LogP) is 2.42. The molecule has 3 N–H and O–H groups in total. The zero-order chi connectivity index (χ0) is 18.5. The summed E-state index contributed by atoms with van der Waals surface area (Å²) in [7, 11) is 0. The van der Waals surface area contributed by atoms with Crippen LogP contribution in [0.3, 0.4) is 0 Å². The molecule has 0 saturated carbocycles. The first-order valence-electron chi connectivity index (χ1n) is 8.54. The van der Waals surface area contributed by atoms with E-state index in [1.807, 2.05) is 0 Å². The molecule has 0 aromatic rings. The van der Waals surface area contributed by atoms with Crippen molar-refractivity contribution < 1.29 is 14.7 Å². The molecule has 0 saturated heterocycles. The summed E-state index contributed by atoms with van der Waals surface area (Å²) in [6.45, 7) is 9.57. The molecule has 0 bridgehead atoms. The van der Waals surface area contributed by atoms with Gasteiger partial charge in [0.1, 0.15) is 11.5 Å². The van der Waals surface area contributed by atoms with E-state index in [9.17, 15) is 14.7 Å². The normalized spacial score (nSPS) is 18.6. The van der Waals surface area contributed by atoms with Crippen LogP contribution in [0.2, 0.25) is 0 Å². The van der Waals surface area contributed by atoms with Gasteiger partial charge in [0.2, 0.25) is 5.91 Å².